The average Bonchev–Trinajstić information content (AvgIpc) is 3.78. The van der Waals surface area contributed by atoms with E-state index in [4.69, 9.17) is 9.72 Å². The lowest BCUT2D eigenvalue weighted by Crippen LogP contribution is -2.46. The van der Waals surface area contributed by atoms with E-state index in [1.165, 1.54) is 78.0 Å². The summed E-state index contributed by atoms with van der Waals surface area (Å²) in [6, 6.07) is 48.1. The maximum atomic E-state index is 7.14. The minimum Gasteiger partial charge on any atom is -0.457 e. The Morgan fingerprint density at radius 2 is 1.12 bits per heavy atom. The summed E-state index contributed by atoms with van der Waals surface area (Å²) < 4.78 is 10.8. The highest BCUT2D eigenvalue weighted by molar-refractivity contribution is 6.10. The first kappa shape index (κ1) is 45.8. The van der Waals surface area contributed by atoms with Crippen LogP contribution >= 0.6 is 0 Å². The normalized spacial score (nSPS) is 18.1. The third-order valence-electron chi connectivity index (χ3n) is 14.9. The number of nitrogens with zero attached hydrogens (tertiary/aromatic N) is 4. The molecule has 5 nitrogen and oxygen atoms in total. The van der Waals surface area contributed by atoms with Crippen molar-refractivity contribution in [3.63, 3.8) is 0 Å². The van der Waals surface area contributed by atoms with E-state index in [0.717, 1.165) is 28.4 Å². The highest BCUT2D eigenvalue weighted by Gasteiger charge is 2.78. The number of fused-ring (bicyclic) bond motifs is 7. The van der Waals surface area contributed by atoms with Crippen molar-refractivity contribution >= 4 is 44.6 Å². The van der Waals surface area contributed by atoms with Crippen LogP contribution in [0.2, 0.25) is 0 Å². The van der Waals surface area contributed by atoms with Crippen LogP contribution in [0.1, 0.15) is 155 Å². The van der Waals surface area contributed by atoms with Crippen molar-refractivity contribution in [1.29, 1.82) is 0 Å². The number of hydrogen-bond donors (Lipinski definition) is 0. The molecule has 10 rings (SSSR count). The van der Waals surface area contributed by atoms with Gasteiger partial charge in [-0.1, -0.05) is 146 Å². The van der Waals surface area contributed by atoms with Crippen molar-refractivity contribution in [2.24, 2.45) is 0 Å². The Hall–Kier alpha value is -6.01. The lowest BCUT2D eigenvalue weighted by Gasteiger charge is -2.40. The number of aromatic nitrogens is 2. The molecule has 0 N–H and O–H groups in total. The molecule has 1 unspecified atom stereocenters. The van der Waals surface area contributed by atoms with Gasteiger partial charge in [0.1, 0.15) is 17.3 Å². The van der Waals surface area contributed by atoms with Crippen LogP contribution in [0.3, 0.4) is 0 Å². The monoisotopic (exact) mass is 900 g/mol. The summed E-state index contributed by atoms with van der Waals surface area (Å²) in [6.07, 6.45) is 2.00. The molecule has 1 saturated heterocycles. The number of benzene rings is 6. The first-order valence-corrected chi connectivity index (χ1v) is 25.0. The fourth-order valence-electron chi connectivity index (χ4n) is 10.8. The van der Waals surface area contributed by atoms with Crippen LogP contribution in [0.5, 0.6) is 11.5 Å². The van der Waals surface area contributed by atoms with E-state index in [9.17, 15) is 0 Å². The van der Waals surface area contributed by atoms with Crippen molar-refractivity contribution in [1.82, 2.24) is 18.7 Å². The highest BCUT2D eigenvalue weighted by atomic mass is 16.5. The fraction of sp³-hybridized carbons (Fsp3) is 0.333. The van der Waals surface area contributed by atoms with E-state index in [1.807, 2.05) is 6.20 Å². The number of quaternary nitrogens is 2. The molecule has 0 saturated carbocycles. The van der Waals surface area contributed by atoms with Crippen LogP contribution in [-0.4, -0.2) is 9.55 Å². The molecule has 2 aliphatic rings. The zero-order chi connectivity index (χ0) is 48.5. The molecule has 1 fully saturated rings. The molecule has 68 heavy (non-hydrogen) atoms. The zero-order valence-corrected chi connectivity index (χ0v) is 43.2. The van der Waals surface area contributed by atoms with Crippen LogP contribution in [0.15, 0.2) is 134 Å². The van der Waals surface area contributed by atoms with Gasteiger partial charge in [-0.25, -0.2) is 4.98 Å². The van der Waals surface area contributed by atoms with Gasteiger partial charge in [-0.3, -0.25) is 4.57 Å². The first-order chi connectivity index (χ1) is 32.0. The molecule has 0 amide bonds. The van der Waals surface area contributed by atoms with Gasteiger partial charge in [0.2, 0.25) is 11.4 Å². The van der Waals surface area contributed by atoms with E-state index in [2.05, 4.69) is 242 Å². The van der Waals surface area contributed by atoms with Gasteiger partial charge in [0.05, 0.1) is 11.0 Å². The minimum atomic E-state index is -0.119. The summed E-state index contributed by atoms with van der Waals surface area (Å²) in [5.74, 6) is 3.69. The Morgan fingerprint density at radius 1 is 0.500 bits per heavy atom. The van der Waals surface area contributed by atoms with E-state index < -0.39 is 0 Å². The van der Waals surface area contributed by atoms with Gasteiger partial charge in [0.25, 0.3) is 0 Å². The minimum absolute atomic E-state index is 0.00804. The quantitative estimate of drug-likeness (QED) is 0.0820. The number of hydrogen-bond acceptors (Lipinski definition) is 2. The van der Waals surface area contributed by atoms with Crippen LogP contribution in [0.4, 0.5) is 22.7 Å². The molecule has 0 radical (unpaired) electrons. The molecule has 2 atom stereocenters. The summed E-state index contributed by atoms with van der Waals surface area (Å²) in [6.45, 7) is 37.0. The van der Waals surface area contributed by atoms with Crippen molar-refractivity contribution in [2.45, 2.75) is 138 Å². The number of pyridine rings is 1. The molecule has 8 aromatic rings. The first-order valence-electron chi connectivity index (χ1n) is 25.0. The van der Waals surface area contributed by atoms with Crippen LogP contribution in [-0.2, 0) is 16.2 Å². The molecule has 0 bridgehead atoms. The number of para-hydroxylation sites is 2. The SMILES string of the molecule is CC(C)c1cc(C(C)C)c(-c2ccnc(-n3c4ccc(C(C)(C)C)cc4c4ccc(Oc5cc(C(C)(C)C)cc([N+]67[CH-][N@+]6(c6cccc(C(C)(C)C)c6)c6ccccc67)c5)cc43)c2)c(C(C)C)c1. The Bertz CT molecular complexity index is 3260. The highest BCUT2D eigenvalue weighted by Crippen LogP contribution is 2.75. The third kappa shape index (κ3) is 7.22. The van der Waals surface area contributed by atoms with Crippen LogP contribution in [0, 0.1) is 6.67 Å². The van der Waals surface area contributed by atoms with Gasteiger partial charge in [-0.15, -0.1) is 0 Å². The molecule has 5 heteroatoms. The Morgan fingerprint density at radius 3 is 1.74 bits per heavy atom. The van der Waals surface area contributed by atoms with E-state index in [0.29, 0.717) is 26.9 Å². The molecule has 0 aliphatic carbocycles. The fourth-order valence-corrected chi connectivity index (χ4v) is 10.8. The third-order valence-corrected chi connectivity index (χ3v) is 14.9. The molecular formula is C63H71N4O+. The predicted molar refractivity (Wildman–Crippen MR) is 289 cm³/mol. The summed E-state index contributed by atoms with van der Waals surface area (Å²) >= 11 is 0. The van der Waals surface area contributed by atoms with Crippen LogP contribution in [0.25, 0.3) is 38.8 Å². The Balaban J connectivity index is 1.13. The summed E-state index contributed by atoms with van der Waals surface area (Å²) in [4.78, 5) is 5.17. The van der Waals surface area contributed by atoms with Gasteiger partial charge < -0.3 is 4.74 Å². The number of ether oxygens (including phenoxy) is 1. The molecular weight excluding hydrogens is 829 g/mol. The lowest BCUT2D eigenvalue weighted by molar-refractivity contribution is 0.421. The standard InChI is InChI=1S/C63H71N4O/c1-39(2)43-29-52(40(3)4)60(53(30-43)41(5)6)42-27-28-64-59(31-42)65-55-26-23-45(62(10,11)12)35-54(55)51-25-24-49(37-56(51)65)68-50-34-46(63(13,14)15)33-48(36-50)67-38-66(67,57-21-16-17-22-58(57)67)47-20-18-19-44(32-47)61(7,8)9/h16-41H,1-15H3/q+1/t66-,67?/m0/s1. The van der Waals surface area contributed by atoms with Gasteiger partial charge in [0, 0.05) is 59.4 Å². The molecule has 6 aromatic carbocycles. The van der Waals surface area contributed by atoms with Crippen molar-refractivity contribution in [3.05, 3.63) is 174 Å². The zero-order valence-electron chi connectivity index (χ0n) is 43.2. The second-order valence-corrected chi connectivity index (χ2v) is 23.8. The largest absolute Gasteiger partial charge is 0.457 e. The van der Waals surface area contributed by atoms with Crippen molar-refractivity contribution in [2.75, 3.05) is 0 Å². The second kappa shape index (κ2) is 15.8. The van der Waals surface area contributed by atoms with E-state index >= 15 is 0 Å². The molecule has 2 aromatic heterocycles. The lowest BCUT2D eigenvalue weighted by atomic mass is 9.82. The maximum absolute atomic E-state index is 7.14. The Kier molecular flexibility index (Phi) is 10.6. The summed E-state index contributed by atoms with van der Waals surface area (Å²) in [7, 11) is 0. The van der Waals surface area contributed by atoms with Gasteiger partial charge in [-0.2, -0.15) is 9.18 Å². The summed E-state index contributed by atoms with van der Waals surface area (Å²) in [5, 5.41) is 2.39. The average molecular weight is 900 g/mol. The smallest absolute Gasteiger partial charge is 0.225 e. The number of rotatable bonds is 9. The Labute approximate surface area is 406 Å². The molecule has 348 valence electrons. The maximum Gasteiger partial charge on any atom is 0.225 e. The summed E-state index contributed by atoms with van der Waals surface area (Å²) in [5.41, 5.74) is 17.8. The van der Waals surface area contributed by atoms with Gasteiger partial charge in [0.15, 0.2) is 18.0 Å². The molecule has 4 heterocycles. The molecule has 0 spiro atoms. The van der Waals surface area contributed by atoms with Gasteiger partial charge >= 0.3 is 0 Å². The predicted octanol–water partition coefficient (Wildman–Crippen LogP) is 18.2. The molecule has 2 aliphatic heterocycles. The van der Waals surface area contributed by atoms with E-state index in [-0.39, 0.29) is 16.2 Å². The second-order valence-electron chi connectivity index (χ2n) is 23.8. The van der Waals surface area contributed by atoms with Crippen LogP contribution < -0.4 is 13.9 Å². The van der Waals surface area contributed by atoms with Crippen molar-refractivity contribution in [3.8, 4) is 28.4 Å². The van der Waals surface area contributed by atoms with Crippen molar-refractivity contribution < 1.29 is 4.74 Å². The van der Waals surface area contributed by atoms with E-state index in [1.54, 1.807) is 0 Å². The van der Waals surface area contributed by atoms with Gasteiger partial charge in [-0.05, 0) is 121 Å². The topological polar surface area (TPSA) is 27.1 Å².